The summed E-state index contributed by atoms with van der Waals surface area (Å²) in [6.45, 7) is 9.08. The van der Waals surface area contributed by atoms with Crippen molar-refractivity contribution in [3.63, 3.8) is 0 Å². The van der Waals surface area contributed by atoms with Crippen molar-refractivity contribution in [2.75, 3.05) is 6.61 Å². The predicted molar refractivity (Wildman–Crippen MR) is 79.7 cm³/mol. The van der Waals surface area contributed by atoms with E-state index in [1.165, 1.54) is 12.8 Å². The van der Waals surface area contributed by atoms with Crippen LogP contribution in [0.25, 0.3) is 0 Å². The van der Waals surface area contributed by atoms with Gasteiger partial charge in [-0.2, -0.15) is 0 Å². The highest BCUT2D eigenvalue weighted by Crippen LogP contribution is 2.25. The Kier molecular flexibility index (Phi) is 7.41. The maximum Gasteiger partial charge on any atom is 0.149 e. The van der Waals surface area contributed by atoms with Crippen molar-refractivity contribution in [3.05, 3.63) is 0 Å². The first kappa shape index (κ1) is 17.0. The molecule has 0 saturated carbocycles. The monoisotopic (exact) mass is 269 g/mol. The predicted octanol–water partition coefficient (Wildman–Crippen LogP) is 2.98. The fourth-order valence-corrected chi connectivity index (χ4v) is 2.31. The molecular weight excluding hydrogens is 239 g/mol. The molecule has 0 aromatic carbocycles. The maximum absolute atomic E-state index is 10.0. The zero-order valence-corrected chi connectivity index (χ0v) is 13.0. The molecule has 1 aliphatic heterocycles. The molecule has 1 heterocycles. The van der Waals surface area contributed by atoms with Gasteiger partial charge in [-0.05, 0) is 26.2 Å². The van der Waals surface area contributed by atoms with E-state index in [4.69, 9.17) is 9.47 Å². The number of aliphatic hydroxyl groups excluding tert-OH is 1. The van der Waals surface area contributed by atoms with Crippen LogP contribution in [0.5, 0.6) is 0 Å². The number of hydrogen-bond acceptors (Lipinski definition) is 3. The van der Waals surface area contributed by atoms with Gasteiger partial charge in [0.1, 0.15) is 13.4 Å². The van der Waals surface area contributed by atoms with Crippen molar-refractivity contribution in [2.24, 2.45) is 0 Å². The van der Waals surface area contributed by atoms with Crippen LogP contribution in [-0.2, 0) is 9.47 Å². The lowest BCUT2D eigenvalue weighted by Crippen LogP contribution is -2.34. The molecule has 3 nitrogen and oxygen atoms in total. The van der Waals surface area contributed by atoms with Crippen LogP contribution in [0.4, 0.5) is 0 Å². The molecule has 0 bridgehead atoms. The smallest absolute Gasteiger partial charge is 0.149 e. The first-order valence-electron chi connectivity index (χ1n) is 7.85. The molecular formula is C15H30BO3. The summed E-state index contributed by atoms with van der Waals surface area (Å²) in [6.07, 6.45) is 5.60. The fraction of sp³-hybridized carbons (Fsp3) is 1.00. The summed E-state index contributed by atoms with van der Waals surface area (Å²) >= 11 is 0. The normalized spacial score (nSPS) is 27.7. The van der Waals surface area contributed by atoms with E-state index < -0.39 is 0 Å². The van der Waals surface area contributed by atoms with Crippen LogP contribution in [0.15, 0.2) is 0 Å². The molecule has 3 unspecified atom stereocenters. The first-order chi connectivity index (χ1) is 9.04. The largest absolute Gasteiger partial charge is 0.390 e. The van der Waals surface area contributed by atoms with Crippen LogP contribution in [0, 0.1) is 0 Å². The summed E-state index contributed by atoms with van der Waals surface area (Å²) in [5.74, 6) is 0. The lowest BCUT2D eigenvalue weighted by Gasteiger charge is -2.29. The van der Waals surface area contributed by atoms with Crippen molar-refractivity contribution in [1.82, 2.24) is 0 Å². The first-order valence-corrected chi connectivity index (χ1v) is 7.85. The van der Waals surface area contributed by atoms with Crippen molar-refractivity contribution in [2.45, 2.75) is 89.9 Å². The molecule has 0 aliphatic carbocycles. The Morgan fingerprint density at radius 2 is 2.00 bits per heavy atom. The summed E-state index contributed by atoms with van der Waals surface area (Å²) in [5, 5.41) is 10.0. The fourth-order valence-electron chi connectivity index (χ4n) is 2.31. The Morgan fingerprint density at radius 1 is 1.32 bits per heavy atom. The third-order valence-corrected chi connectivity index (χ3v) is 4.33. The number of ether oxygens (including phenoxy) is 2. The van der Waals surface area contributed by atoms with Gasteiger partial charge in [-0.25, -0.2) is 0 Å². The summed E-state index contributed by atoms with van der Waals surface area (Å²) in [7, 11) is 2.20. The van der Waals surface area contributed by atoms with Gasteiger partial charge in [0.25, 0.3) is 0 Å². The summed E-state index contributed by atoms with van der Waals surface area (Å²) in [6, 6.07) is 0.102. The molecule has 1 aliphatic rings. The zero-order chi connectivity index (χ0) is 14.3. The molecule has 1 saturated heterocycles. The van der Waals surface area contributed by atoms with E-state index in [2.05, 4.69) is 35.0 Å². The lowest BCUT2D eigenvalue weighted by atomic mass is 9.66. The number of aliphatic hydroxyl groups is 1. The van der Waals surface area contributed by atoms with Gasteiger partial charge in [0.2, 0.25) is 0 Å². The summed E-state index contributed by atoms with van der Waals surface area (Å²) < 4.78 is 11.8. The van der Waals surface area contributed by atoms with Crippen LogP contribution in [0.3, 0.4) is 0 Å². The average Bonchev–Trinajstić information content (AvgIpc) is 2.77. The maximum atomic E-state index is 10.0. The third kappa shape index (κ3) is 5.45. The quantitative estimate of drug-likeness (QED) is 0.516. The zero-order valence-electron chi connectivity index (χ0n) is 13.0. The highest BCUT2D eigenvalue weighted by Gasteiger charge is 2.35. The van der Waals surface area contributed by atoms with Crippen LogP contribution < -0.4 is 0 Å². The number of hydrogen-bond donors (Lipinski definition) is 1. The van der Waals surface area contributed by atoms with Crippen molar-refractivity contribution in [3.8, 4) is 0 Å². The van der Waals surface area contributed by atoms with E-state index in [0.29, 0.717) is 13.0 Å². The Bertz CT molecular complexity index is 244. The van der Waals surface area contributed by atoms with E-state index in [0.717, 1.165) is 19.2 Å². The Balaban J connectivity index is 2.31. The Hall–Kier alpha value is -0.0551. The minimum atomic E-state index is -0.388. The highest BCUT2D eigenvalue weighted by molar-refractivity contribution is 6.37. The SMILES string of the molecule is CCCC[B]C1CC(O)C(COC(C)(CC)CC)O1. The molecule has 19 heavy (non-hydrogen) atoms. The molecule has 0 spiro atoms. The highest BCUT2D eigenvalue weighted by atomic mass is 16.6. The Morgan fingerprint density at radius 3 is 2.58 bits per heavy atom. The average molecular weight is 269 g/mol. The second-order valence-electron chi connectivity index (χ2n) is 5.86. The van der Waals surface area contributed by atoms with Crippen LogP contribution >= 0.6 is 0 Å². The minimum absolute atomic E-state index is 0.0902. The van der Waals surface area contributed by atoms with E-state index >= 15 is 0 Å². The molecule has 4 heteroatoms. The van der Waals surface area contributed by atoms with Gasteiger partial charge in [-0.1, -0.05) is 39.9 Å². The molecule has 0 amide bonds. The molecule has 111 valence electrons. The second-order valence-corrected chi connectivity index (χ2v) is 5.86. The van der Waals surface area contributed by atoms with E-state index in [1.54, 1.807) is 0 Å². The molecule has 1 N–H and O–H groups in total. The minimum Gasteiger partial charge on any atom is -0.390 e. The van der Waals surface area contributed by atoms with Crippen molar-refractivity contribution >= 4 is 7.28 Å². The van der Waals surface area contributed by atoms with Gasteiger partial charge in [0.15, 0.2) is 0 Å². The van der Waals surface area contributed by atoms with Gasteiger partial charge in [0.05, 0.1) is 18.3 Å². The molecule has 1 fully saturated rings. The standard InChI is InChI=1S/C15H30BO3/c1-5-8-9-16-14-10-12(17)13(19-14)11-18-15(4,6-2)7-3/h12-14,17H,5-11H2,1-4H3. The molecule has 0 aromatic heterocycles. The van der Waals surface area contributed by atoms with Gasteiger partial charge >= 0.3 is 0 Å². The number of rotatable bonds is 9. The van der Waals surface area contributed by atoms with Crippen molar-refractivity contribution < 1.29 is 14.6 Å². The second kappa shape index (κ2) is 8.28. The molecule has 1 radical (unpaired) electrons. The molecule has 1 rings (SSSR count). The summed E-state index contributed by atoms with van der Waals surface area (Å²) in [5.41, 5.74) is -0.0902. The van der Waals surface area contributed by atoms with Gasteiger partial charge in [-0.15, -0.1) is 0 Å². The van der Waals surface area contributed by atoms with E-state index in [9.17, 15) is 5.11 Å². The lowest BCUT2D eigenvalue weighted by molar-refractivity contribution is -0.0983. The van der Waals surface area contributed by atoms with Gasteiger partial charge in [0, 0.05) is 6.00 Å². The molecule has 3 atom stereocenters. The van der Waals surface area contributed by atoms with Gasteiger partial charge in [-0.3, -0.25) is 0 Å². The van der Waals surface area contributed by atoms with Crippen molar-refractivity contribution in [1.29, 1.82) is 0 Å². The third-order valence-electron chi connectivity index (χ3n) is 4.33. The van der Waals surface area contributed by atoms with Crippen LogP contribution in [-0.4, -0.2) is 42.8 Å². The Labute approximate surface area is 119 Å². The van der Waals surface area contributed by atoms with E-state index in [1.807, 2.05) is 0 Å². The molecule has 0 aromatic rings. The summed E-state index contributed by atoms with van der Waals surface area (Å²) in [4.78, 5) is 0. The number of unbranched alkanes of at least 4 members (excludes halogenated alkanes) is 1. The van der Waals surface area contributed by atoms with Crippen LogP contribution in [0.1, 0.15) is 59.8 Å². The van der Waals surface area contributed by atoms with Gasteiger partial charge < -0.3 is 14.6 Å². The van der Waals surface area contributed by atoms with E-state index in [-0.39, 0.29) is 23.8 Å². The topological polar surface area (TPSA) is 38.7 Å². The van der Waals surface area contributed by atoms with Crippen LogP contribution in [0.2, 0.25) is 6.32 Å².